The number of carbonyl (C=O) groups excluding carboxylic acids is 1. The molecule has 2 heterocycles. The topological polar surface area (TPSA) is 101 Å². The van der Waals surface area contributed by atoms with Crippen molar-refractivity contribution in [1.29, 1.82) is 0 Å². The van der Waals surface area contributed by atoms with Crippen molar-refractivity contribution in [2.45, 2.75) is 33.1 Å². The van der Waals surface area contributed by atoms with E-state index >= 15 is 0 Å². The number of rotatable bonds is 5. The summed E-state index contributed by atoms with van der Waals surface area (Å²) in [7, 11) is 0. The molecule has 0 unspecified atom stereocenters. The van der Waals surface area contributed by atoms with Crippen LogP contribution in [0.25, 0.3) is 0 Å². The van der Waals surface area contributed by atoms with Crippen molar-refractivity contribution in [2.75, 3.05) is 6.54 Å². The maximum atomic E-state index is 11.9. The Balaban J connectivity index is 1.90. The number of aromatic nitrogens is 3. The van der Waals surface area contributed by atoms with E-state index in [0.29, 0.717) is 30.2 Å². The Labute approximate surface area is 121 Å². The highest BCUT2D eigenvalue weighted by Gasteiger charge is 2.13. The van der Waals surface area contributed by atoms with Gasteiger partial charge in [0.2, 0.25) is 0 Å². The van der Waals surface area contributed by atoms with Crippen LogP contribution in [0.2, 0.25) is 0 Å². The molecule has 0 fully saturated rings. The lowest BCUT2D eigenvalue weighted by molar-refractivity contribution is 0.0945. The molecule has 21 heavy (non-hydrogen) atoms. The van der Waals surface area contributed by atoms with Crippen molar-refractivity contribution < 1.29 is 9.32 Å². The molecule has 0 aliphatic rings. The summed E-state index contributed by atoms with van der Waals surface area (Å²) in [6.07, 6.45) is 0.478. The molecule has 1 amide bonds. The zero-order valence-corrected chi connectivity index (χ0v) is 12.3. The Bertz CT molecular complexity index is 688. The van der Waals surface area contributed by atoms with Crippen molar-refractivity contribution in [2.24, 2.45) is 0 Å². The molecule has 2 rings (SSSR count). The highest BCUT2D eigenvalue weighted by Crippen LogP contribution is 2.14. The second-order valence-electron chi connectivity index (χ2n) is 5.10. The summed E-state index contributed by atoms with van der Waals surface area (Å²) in [4.78, 5) is 29.9. The van der Waals surface area contributed by atoms with E-state index in [1.807, 2.05) is 13.8 Å². The largest absolute Gasteiger partial charge is 0.360 e. The van der Waals surface area contributed by atoms with Crippen LogP contribution in [-0.4, -0.2) is 27.6 Å². The molecule has 7 nitrogen and oxygen atoms in total. The Morgan fingerprint density at radius 3 is 2.81 bits per heavy atom. The van der Waals surface area contributed by atoms with Gasteiger partial charge in [-0.2, -0.15) is 0 Å². The van der Waals surface area contributed by atoms with Gasteiger partial charge in [0.25, 0.3) is 11.5 Å². The first-order valence-corrected chi connectivity index (χ1v) is 6.77. The lowest BCUT2D eigenvalue weighted by Crippen LogP contribution is -2.26. The van der Waals surface area contributed by atoms with E-state index in [2.05, 4.69) is 20.4 Å². The Kier molecular flexibility index (Phi) is 4.52. The van der Waals surface area contributed by atoms with E-state index < -0.39 is 0 Å². The predicted molar refractivity (Wildman–Crippen MR) is 76.2 cm³/mol. The minimum atomic E-state index is -0.299. The van der Waals surface area contributed by atoms with Gasteiger partial charge in [-0.3, -0.25) is 9.59 Å². The summed E-state index contributed by atoms with van der Waals surface area (Å²) in [5, 5.41) is 6.46. The molecule has 0 bridgehead atoms. The first-order chi connectivity index (χ1) is 9.95. The van der Waals surface area contributed by atoms with Crippen LogP contribution < -0.4 is 10.9 Å². The molecule has 0 aliphatic heterocycles. The first kappa shape index (κ1) is 15.0. The third-order valence-electron chi connectivity index (χ3n) is 2.91. The number of aromatic amines is 1. The van der Waals surface area contributed by atoms with Gasteiger partial charge in [-0.15, -0.1) is 0 Å². The smallest absolute Gasteiger partial charge is 0.273 e. The third kappa shape index (κ3) is 4.01. The number of hydrogen-bond donors (Lipinski definition) is 2. The fraction of sp³-hybridized carbons (Fsp3) is 0.429. The van der Waals surface area contributed by atoms with E-state index in [1.54, 1.807) is 13.0 Å². The molecule has 2 N–H and O–H groups in total. The molecule has 0 radical (unpaired) electrons. The van der Waals surface area contributed by atoms with Crippen LogP contribution in [-0.2, 0) is 6.42 Å². The van der Waals surface area contributed by atoms with Gasteiger partial charge in [0.05, 0.1) is 0 Å². The van der Waals surface area contributed by atoms with E-state index in [0.717, 1.165) is 0 Å². The average Bonchev–Trinajstić information content (AvgIpc) is 2.87. The van der Waals surface area contributed by atoms with Gasteiger partial charge >= 0.3 is 0 Å². The molecule has 0 spiro atoms. The van der Waals surface area contributed by atoms with Crippen molar-refractivity contribution in [1.82, 2.24) is 20.4 Å². The first-order valence-electron chi connectivity index (χ1n) is 6.77. The SMILES string of the molecule is Cc1nc(CCNC(=O)c2cc(C(C)C)on2)cc(=O)[nH]1. The Hall–Kier alpha value is -2.44. The molecule has 0 aromatic carbocycles. The van der Waals surface area contributed by atoms with Crippen LogP contribution >= 0.6 is 0 Å². The molecule has 112 valence electrons. The van der Waals surface area contributed by atoms with Crippen LogP contribution in [0, 0.1) is 6.92 Å². The second-order valence-corrected chi connectivity index (χ2v) is 5.10. The van der Waals surface area contributed by atoms with Crippen molar-refractivity contribution in [3.05, 3.63) is 45.5 Å². The summed E-state index contributed by atoms with van der Waals surface area (Å²) in [5.41, 5.74) is 0.704. The Morgan fingerprint density at radius 2 is 2.19 bits per heavy atom. The summed E-state index contributed by atoms with van der Waals surface area (Å²) in [6.45, 7) is 6.01. The molecule has 7 heteroatoms. The molecule has 0 atom stereocenters. The van der Waals surface area contributed by atoms with Crippen molar-refractivity contribution >= 4 is 5.91 Å². The predicted octanol–water partition coefficient (Wildman–Crippen LogP) is 1.16. The quantitative estimate of drug-likeness (QED) is 0.860. The van der Waals surface area contributed by atoms with Gasteiger partial charge in [-0.25, -0.2) is 4.98 Å². The van der Waals surface area contributed by atoms with Crippen LogP contribution in [0.5, 0.6) is 0 Å². The van der Waals surface area contributed by atoms with Gasteiger partial charge in [0, 0.05) is 36.7 Å². The summed E-state index contributed by atoms with van der Waals surface area (Å²) in [5.74, 6) is 1.11. The number of nitrogens with one attached hydrogen (secondary N) is 2. The molecule has 2 aromatic rings. The fourth-order valence-electron chi connectivity index (χ4n) is 1.83. The van der Waals surface area contributed by atoms with E-state index in [4.69, 9.17) is 4.52 Å². The maximum Gasteiger partial charge on any atom is 0.273 e. The highest BCUT2D eigenvalue weighted by atomic mass is 16.5. The monoisotopic (exact) mass is 290 g/mol. The minimum Gasteiger partial charge on any atom is -0.360 e. The number of nitrogens with zero attached hydrogens (tertiary/aromatic N) is 2. The lowest BCUT2D eigenvalue weighted by atomic mass is 10.1. The summed E-state index contributed by atoms with van der Waals surface area (Å²) < 4.78 is 5.07. The van der Waals surface area contributed by atoms with Crippen LogP contribution in [0.1, 0.15) is 47.5 Å². The number of carbonyl (C=O) groups is 1. The number of aryl methyl sites for hydroxylation is 1. The molecule has 0 saturated carbocycles. The normalized spacial score (nSPS) is 10.9. The van der Waals surface area contributed by atoms with E-state index in [-0.39, 0.29) is 23.1 Å². The van der Waals surface area contributed by atoms with Gasteiger partial charge in [-0.1, -0.05) is 19.0 Å². The highest BCUT2D eigenvalue weighted by molar-refractivity contribution is 5.92. The zero-order valence-electron chi connectivity index (χ0n) is 12.3. The standard InChI is InChI=1S/C14H18N4O3/c1-8(2)12-7-11(18-21-12)14(20)15-5-4-10-6-13(19)17-9(3)16-10/h6-8H,4-5H2,1-3H3,(H,15,20)(H,16,17,19). The van der Waals surface area contributed by atoms with E-state index in [9.17, 15) is 9.59 Å². The molecular weight excluding hydrogens is 272 g/mol. The molecule has 0 aliphatic carbocycles. The summed E-state index contributed by atoms with van der Waals surface area (Å²) in [6, 6.07) is 3.06. The van der Waals surface area contributed by atoms with Crippen molar-refractivity contribution in [3.63, 3.8) is 0 Å². The lowest BCUT2D eigenvalue weighted by Gasteiger charge is -2.03. The maximum absolute atomic E-state index is 11.9. The molecular formula is C14H18N4O3. The second kappa shape index (κ2) is 6.34. The zero-order chi connectivity index (χ0) is 15.4. The molecule has 2 aromatic heterocycles. The molecule has 0 saturated heterocycles. The van der Waals surface area contributed by atoms with Gasteiger partial charge in [0.15, 0.2) is 5.69 Å². The van der Waals surface area contributed by atoms with Gasteiger partial charge < -0.3 is 14.8 Å². The van der Waals surface area contributed by atoms with Crippen LogP contribution in [0.3, 0.4) is 0 Å². The van der Waals surface area contributed by atoms with Crippen LogP contribution in [0.15, 0.2) is 21.5 Å². The van der Waals surface area contributed by atoms with Gasteiger partial charge in [0.1, 0.15) is 11.6 Å². The number of amides is 1. The average molecular weight is 290 g/mol. The van der Waals surface area contributed by atoms with Gasteiger partial charge in [-0.05, 0) is 6.92 Å². The van der Waals surface area contributed by atoms with Crippen molar-refractivity contribution in [3.8, 4) is 0 Å². The number of hydrogen-bond acceptors (Lipinski definition) is 5. The Morgan fingerprint density at radius 1 is 1.43 bits per heavy atom. The third-order valence-corrected chi connectivity index (χ3v) is 2.91. The number of H-pyrrole nitrogens is 1. The van der Waals surface area contributed by atoms with E-state index in [1.165, 1.54) is 6.07 Å². The van der Waals surface area contributed by atoms with Crippen LogP contribution in [0.4, 0.5) is 0 Å². The summed E-state index contributed by atoms with van der Waals surface area (Å²) >= 11 is 0. The fourth-order valence-corrected chi connectivity index (χ4v) is 1.83. The minimum absolute atomic E-state index is 0.183.